The molecule has 1 unspecified atom stereocenters. The quantitative estimate of drug-likeness (QED) is 0.744. The van der Waals surface area contributed by atoms with Crippen molar-refractivity contribution < 1.29 is 0 Å². The van der Waals surface area contributed by atoms with E-state index in [-0.39, 0.29) is 10.8 Å². The Morgan fingerprint density at radius 1 is 1.00 bits per heavy atom. The molecule has 0 spiro atoms. The second-order valence-corrected chi connectivity index (χ2v) is 8.56. The van der Waals surface area contributed by atoms with Gasteiger partial charge in [-0.25, -0.2) is 0 Å². The van der Waals surface area contributed by atoms with Gasteiger partial charge in [0, 0.05) is 18.5 Å². The fourth-order valence-corrected chi connectivity index (χ4v) is 2.80. The van der Waals surface area contributed by atoms with E-state index < -0.39 is 0 Å². The molecule has 0 aromatic heterocycles. The standard InChI is InChI=1S/C18H30ClN/c1-17(2,3)11-16(19)13-20-12-14-7-9-15(10-8-14)18(4,5)6/h7-10,16,20H,11-13H2,1-6H3. The van der Waals surface area contributed by atoms with Gasteiger partial charge in [-0.05, 0) is 28.4 Å². The summed E-state index contributed by atoms with van der Waals surface area (Å²) < 4.78 is 0. The Bertz CT molecular complexity index is 395. The van der Waals surface area contributed by atoms with Crippen molar-refractivity contribution in [3.63, 3.8) is 0 Å². The van der Waals surface area contributed by atoms with Gasteiger partial charge in [0.1, 0.15) is 0 Å². The summed E-state index contributed by atoms with van der Waals surface area (Å²) in [5.74, 6) is 0. The summed E-state index contributed by atoms with van der Waals surface area (Å²) in [7, 11) is 0. The van der Waals surface area contributed by atoms with Crippen LogP contribution in [0.4, 0.5) is 0 Å². The van der Waals surface area contributed by atoms with Crippen LogP contribution in [-0.4, -0.2) is 11.9 Å². The highest BCUT2D eigenvalue weighted by molar-refractivity contribution is 6.20. The van der Waals surface area contributed by atoms with E-state index in [1.54, 1.807) is 0 Å². The summed E-state index contributed by atoms with van der Waals surface area (Å²) in [5, 5.41) is 3.65. The first-order chi connectivity index (χ1) is 9.08. The second kappa shape index (κ2) is 6.95. The van der Waals surface area contributed by atoms with Gasteiger partial charge >= 0.3 is 0 Å². The number of alkyl halides is 1. The smallest absolute Gasteiger partial charge is 0.0465 e. The lowest BCUT2D eigenvalue weighted by Gasteiger charge is -2.22. The van der Waals surface area contributed by atoms with Crippen molar-refractivity contribution in [3.05, 3.63) is 35.4 Å². The molecule has 114 valence electrons. The molecule has 0 saturated carbocycles. The molecule has 0 bridgehead atoms. The van der Waals surface area contributed by atoms with Gasteiger partial charge in [0.05, 0.1) is 0 Å². The zero-order valence-corrected chi connectivity index (χ0v) is 14.6. The third-order valence-electron chi connectivity index (χ3n) is 3.35. The summed E-state index contributed by atoms with van der Waals surface area (Å²) >= 11 is 6.35. The summed E-state index contributed by atoms with van der Waals surface area (Å²) in [6.07, 6.45) is 1.03. The first-order valence-electron chi connectivity index (χ1n) is 7.52. The van der Waals surface area contributed by atoms with Crippen molar-refractivity contribution in [2.45, 2.75) is 65.3 Å². The fourth-order valence-electron chi connectivity index (χ4n) is 2.23. The lowest BCUT2D eigenvalue weighted by molar-refractivity contribution is 0.364. The van der Waals surface area contributed by atoms with Crippen LogP contribution in [0.25, 0.3) is 0 Å². The minimum absolute atomic E-state index is 0.198. The van der Waals surface area contributed by atoms with Crippen LogP contribution < -0.4 is 5.32 Å². The fraction of sp³-hybridized carbons (Fsp3) is 0.667. The van der Waals surface area contributed by atoms with Crippen LogP contribution in [0.5, 0.6) is 0 Å². The van der Waals surface area contributed by atoms with Gasteiger partial charge < -0.3 is 5.32 Å². The van der Waals surface area contributed by atoms with Crippen LogP contribution in [0.3, 0.4) is 0 Å². The Kier molecular flexibility index (Phi) is 6.09. The van der Waals surface area contributed by atoms with E-state index in [1.807, 2.05) is 0 Å². The van der Waals surface area contributed by atoms with Crippen molar-refractivity contribution in [2.24, 2.45) is 5.41 Å². The molecule has 0 fully saturated rings. The van der Waals surface area contributed by atoms with E-state index in [0.29, 0.717) is 5.41 Å². The molecule has 2 heteroatoms. The lowest BCUT2D eigenvalue weighted by atomic mass is 9.87. The first kappa shape index (κ1) is 17.5. The van der Waals surface area contributed by atoms with Crippen LogP contribution in [0.15, 0.2) is 24.3 Å². The van der Waals surface area contributed by atoms with E-state index in [2.05, 4.69) is 71.1 Å². The highest BCUT2D eigenvalue weighted by atomic mass is 35.5. The number of halogens is 1. The average molecular weight is 296 g/mol. The topological polar surface area (TPSA) is 12.0 Å². The zero-order chi connectivity index (χ0) is 15.4. The van der Waals surface area contributed by atoms with Crippen LogP contribution in [-0.2, 0) is 12.0 Å². The number of hydrogen-bond acceptors (Lipinski definition) is 1. The maximum atomic E-state index is 6.35. The normalized spacial score (nSPS) is 14.3. The Balaban J connectivity index is 2.39. The van der Waals surface area contributed by atoms with Gasteiger partial charge in [0.15, 0.2) is 0 Å². The SMILES string of the molecule is CC(C)(C)CC(Cl)CNCc1ccc(C(C)(C)C)cc1. The third kappa shape index (κ3) is 6.76. The molecular formula is C18H30ClN. The van der Waals surface area contributed by atoms with Gasteiger partial charge in [-0.15, -0.1) is 11.6 Å². The highest BCUT2D eigenvalue weighted by Crippen LogP contribution is 2.24. The van der Waals surface area contributed by atoms with E-state index in [1.165, 1.54) is 11.1 Å². The van der Waals surface area contributed by atoms with Crippen LogP contribution in [0, 0.1) is 5.41 Å². The molecule has 0 aliphatic carbocycles. The van der Waals surface area contributed by atoms with Crippen molar-refractivity contribution >= 4 is 11.6 Å². The summed E-state index contributed by atoms with van der Waals surface area (Å²) in [6.45, 7) is 15.2. The maximum absolute atomic E-state index is 6.35. The van der Waals surface area contributed by atoms with Crippen molar-refractivity contribution in [1.82, 2.24) is 5.32 Å². The van der Waals surface area contributed by atoms with Gasteiger partial charge in [-0.3, -0.25) is 0 Å². The molecular weight excluding hydrogens is 266 g/mol. The Morgan fingerprint density at radius 3 is 2.00 bits per heavy atom. The van der Waals surface area contributed by atoms with Crippen LogP contribution in [0.1, 0.15) is 59.1 Å². The zero-order valence-electron chi connectivity index (χ0n) is 13.9. The highest BCUT2D eigenvalue weighted by Gasteiger charge is 2.16. The van der Waals surface area contributed by atoms with Gasteiger partial charge in [0.2, 0.25) is 0 Å². The van der Waals surface area contributed by atoms with E-state index in [0.717, 1.165) is 19.5 Å². The Labute approximate surface area is 130 Å². The Hall–Kier alpha value is -0.530. The molecule has 1 N–H and O–H groups in total. The molecule has 0 radical (unpaired) electrons. The molecule has 1 atom stereocenters. The van der Waals surface area contributed by atoms with Gasteiger partial charge in [0.25, 0.3) is 0 Å². The number of hydrogen-bond donors (Lipinski definition) is 1. The third-order valence-corrected chi connectivity index (χ3v) is 3.66. The minimum Gasteiger partial charge on any atom is -0.311 e. The molecule has 0 aliphatic heterocycles. The summed E-state index contributed by atoms with van der Waals surface area (Å²) in [6, 6.07) is 8.87. The predicted octanol–water partition coefficient (Wildman–Crippen LogP) is 5.12. The molecule has 1 rings (SSSR count). The van der Waals surface area contributed by atoms with Crippen LogP contribution in [0.2, 0.25) is 0 Å². The van der Waals surface area contributed by atoms with E-state index in [9.17, 15) is 0 Å². The second-order valence-electron chi connectivity index (χ2n) is 7.94. The molecule has 1 aromatic carbocycles. The molecule has 1 aromatic rings. The Morgan fingerprint density at radius 2 is 1.55 bits per heavy atom. The number of nitrogens with one attached hydrogen (secondary N) is 1. The van der Waals surface area contributed by atoms with Crippen molar-refractivity contribution in [3.8, 4) is 0 Å². The largest absolute Gasteiger partial charge is 0.311 e. The van der Waals surface area contributed by atoms with Gasteiger partial charge in [-0.2, -0.15) is 0 Å². The number of rotatable bonds is 5. The summed E-state index contributed by atoms with van der Waals surface area (Å²) in [5.41, 5.74) is 3.21. The van der Waals surface area contributed by atoms with E-state index >= 15 is 0 Å². The maximum Gasteiger partial charge on any atom is 0.0465 e. The molecule has 0 amide bonds. The molecule has 0 saturated heterocycles. The molecule has 0 heterocycles. The summed E-state index contributed by atoms with van der Waals surface area (Å²) in [4.78, 5) is 0. The molecule has 1 nitrogen and oxygen atoms in total. The minimum atomic E-state index is 0.198. The van der Waals surface area contributed by atoms with Gasteiger partial charge in [-0.1, -0.05) is 65.8 Å². The monoisotopic (exact) mass is 295 g/mol. The lowest BCUT2D eigenvalue weighted by Crippen LogP contribution is -2.26. The number of benzene rings is 1. The predicted molar refractivity (Wildman–Crippen MR) is 90.6 cm³/mol. The molecule has 0 aliphatic rings. The average Bonchev–Trinajstić information content (AvgIpc) is 2.26. The van der Waals surface area contributed by atoms with E-state index in [4.69, 9.17) is 11.6 Å². The van der Waals surface area contributed by atoms with Crippen molar-refractivity contribution in [2.75, 3.05) is 6.54 Å². The molecule has 20 heavy (non-hydrogen) atoms. The van der Waals surface area contributed by atoms with Crippen LogP contribution >= 0.6 is 11.6 Å². The van der Waals surface area contributed by atoms with Crippen molar-refractivity contribution in [1.29, 1.82) is 0 Å². The first-order valence-corrected chi connectivity index (χ1v) is 7.96.